The predicted molar refractivity (Wildman–Crippen MR) is 159 cm³/mol. The molecule has 0 spiro atoms. The van der Waals surface area contributed by atoms with E-state index in [9.17, 15) is 4.79 Å². The fourth-order valence-electron chi connectivity index (χ4n) is 4.41. The number of hydrogen-bond acceptors (Lipinski definition) is 2. The Balaban J connectivity index is 1.77. The van der Waals surface area contributed by atoms with Crippen LogP contribution in [0.5, 0.6) is 0 Å². The SMILES string of the molecule is O=C(N/C(=C\Sc1ccccc1)[P+](c1ccccc1)(c1ccccc1)c1ccccc1)c1ccccc1. The van der Waals surface area contributed by atoms with E-state index >= 15 is 0 Å². The first-order chi connectivity index (χ1) is 18.3. The van der Waals surface area contributed by atoms with Crippen LogP contribution >= 0.6 is 19.0 Å². The van der Waals surface area contributed by atoms with E-state index in [-0.39, 0.29) is 5.91 Å². The standard InChI is InChI=1S/C33H26NOPS/c35-33(27-16-6-1-7-17-27)34-32(26-37-31-24-14-5-15-25-31)36(28-18-8-2-9-19-28,29-20-10-3-11-21-29)30-22-12-4-13-23-30/h1-26H/p+1/b32-26+. The summed E-state index contributed by atoms with van der Waals surface area (Å²) in [4.78, 5) is 14.8. The number of thioether (sulfide) groups is 1. The molecule has 0 heterocycles. The van der Waals surface area contributed by atoms with Gasteiger partial charge in [0.2, 0.25) is 0 Å². The molecule has 0 saturated heterocycles. The van der Waals surface area contributed by atoms with E-state index in [2.05, 4.69) is 95.7 Å². The van der Waals surface area contributed by atoms with Gasteiger partial charge in [0.05, 0.1) is 0 Å². The Hall–Kier alpha value is -3.91. The minimum Gasteiger partial charge on any atom is -0.291 e. The molecule has 0 fully saturated rings. The molecule has 0 radical (unpaired) electrons. The van der Waals surface area contributed by atoms with Gasteiger partial charge in [-0.1, -0.05) is 103 Å². The van der Waals surface area contributed by atoms with E-state index in [4.69, 9.17) is 0 Å². The van der Waals surface area contributed by atoms with Crippen LogP contribution in [0.25, 0.3) is 0 Å². The lowest BCUT2D eigenvalue weighted by molar-refractivity contribution is 0.0968. The first kappa shape index (κ1) is 24.8. The highest BCUT2D eigenvalue weighted by atomic mass is 32.2. The third kappa shape index (κ3) is 5.44. The van der Waals surface area contributed by atoms with Crippen molar-refractivity contribution in [2.24, 2.45) is 0 Å². The Morgan fingerprint density at radius 2 is 0.919 bits per heavy atom. The topological polar surface area (TPSA) is 29.1 Å². The number of rotatable bonds is 8. The first-order valence-electron chi connectivity index (χ1n) is 12.1. The minimum atomic E-state index is -2.47. The van der Waals surface area contributed by atoms with Gasteiger partial charge in [0.1, 0.15) is 15.9 Å². The highest BCUT2D eigenvalue weighted by molar-refractivity contribution is 8.04. The third-order valence-corrected chi connectivity index (χ3v) is 11.4. The number of hydrogen-bond donors (Lipinski definition) is 1. The molecular formula is C33H27NOPS+. The molecule has 0 aliphatic carbocycles. The number of nitrogens with one attached hydrogen (secondary N) is 1. The molecule has 0 atom stereocenters. The van der Waals surface area contributed by atoms with Crippen LogP contribution in [0.3, 0.4) is 0 Å². The molecule has 0 bridgehead atoms. The van der Waals surface area contributed by atoms with Crippen LogP contribution in [0, 0.1) is 0 Å². The summed E-state index contributed by atoms with van der Waals surface area (Å²) in [5.41, 5.74) is 1.53. The van der Waals surface area contributed by atoms with Gasteiger partial charge in [-0.15, -0.1) is 0 Å². The Labute approximate surface area is 223 Å². The van der Waals surface area contributed by atoms with E-state index in [0.29, 0.717) is 5.56 Å². The van der Waals surface area contributed by atoms with Crippen molar-refractivity contribution in [1.82, 2.24) is 5.32 Å². The lowest BCUT2D eigenvalue weighted by Gasteiger charge is -2.29. The summed E-state index contributed by atoms with van der Waals surface area (Å²) >= 11 is 1.63. The summed E-state index contributed by atoms with van der Waals surface area (Å²) in [5, 5.41) is 9.07. The van der Waals surface area contributed by atoms with E-state index in [1.165, 1.54) is 15.9 Å². The average Bonchev–Trinajstić information content (AvgIpc) is 2.99. The molecule has 2 nitrogen and oxygen atoms in total. The van der Waals surface area contributed by atoms with Crippen molar-refractivity contribution in [3.05, 3.63) is 168 Å². The molecule has 5 aromatic rings. The number of benzene rings is 5. The van der Waals surface area contributed by atoms with Gasteiger partial charge in [-0.05, 0) is 60.7 Å². The molecule has 0 unspecified atom stereocenters. The Morgan fingerprint density at radius 3 is 1.35 bits per heavy atom. The second-order valence-corrected chi connectivity index (χ2v) is 12.7. The smallest absolute Gasteiger partial charge is 0.258 e. The highest BCUT2D eigenvalue weighted by Crippen LogP contribution is 2.62. The predicted octanol–water partition coefficient (Wildman–Crippen LogP) is 7.00. The summed E-state index contributed by atoms with van der Waals surface area (Å²) < 4.78 is 0. The fourth-order valence-corrected chi connectivity index (χ4v) is 9.68. The van der Waals surface area contributed by atoms with E-state index < -0.39 is 7.26 Å². The second kappa shape index (κ2) is 11.9. The molecule has 1 N–H and O–H groups in total. The first-order valence-corrected chi connectivity index (χ1v) is 14.8. The van der Waals surface area contributed by atoms with Crippen molar-refractivity contribution >= 4 is 40.8 Å². The zero-order chi connectivity index (χ0) is 25.3. The number of carbonyl (C=O) groups excluding carboxylic acids is 1. The van der Waals surface area contributed by atoms with Crippen molar-refractivity contribution in [2.75, 3.05) is 0 Å². The Kier molecular flexibility index (Phi) is 7.96. The summed E-state index contributed by atoms with van der Waals surface area (Å²) in [5.74, 6) is -0.118. The molecule has 0 aromatic heterocycles. The van der Waals surface area contributed by atoms with E-state index in [0.717, 1.165) is 10.3 Å². The van der Waals surface area contributed by atoms with Gasteiger partial charge >= 0.3 is 0 Å². The van der Waals surface area contributed by atoms with Gasteiger partial charge in [-0.2, -0.15) is 0 Å². The molecule has 1 amide bonds. The van der Waals surface area contributed by atoms with Gasteiger partial charge in [0.25, 0.3) is 5.91 Å². The molecular weight excluding hydrogens is 489 g/mol. The molecule has 180 valence electrons. The maximum atomic E-state index is 13.7. The zero-order valence-corrected chi connectivity index (χ0v) is 22.0. The maximum absolute atomic E-state index is 13.7. The summed E-state index contributed by atoms with van der Waals surface area (Å²) in [6.45, 7) is 0. The van der Waals surface area contributed by atoms with E-state index in [1.807, 2.05) is 66.7 Å². The van der Waals surface area contributed by atoms with Crippen LogP contribution in [-0.2, 0) is 0 Å². The van der Waals surface area contributed by atoms with Gasteiger partial charge in [-0.25, -0.2) is 0 Å². The highest BCUT2D eigenvalue weighted by Gasteiger charge is 2.50. The molecule has 5 rings (SSSR count). The quantitative estimate of drug-likeness (QED) is 0.178. The maximum Gasteiger partial charge on any atom is 0.258 e. The molecule has 0 aliphatic heterocycles. The van der Waals surface area contributed by atoms with Crippen LogP contribution in [0.4, 0.5) is 0 Å². The van der Waals surface area contributed by atoms with Crippen molar-refractivity contribution in [3.63, 3.8) is 0 Å². The normalized spacial score (nSPS) is 11.6. The fraction of sp³-hybridized carbons (Fsp3) is 0. The number of amides is 1. The molecule has 0 aliphatic rings. The molecule has 5 aromatic carbocycles. The summed E-state index contributed by atoms with van der Waals surface area (Å²) in [6.07, 6.45) is 0. The molecule has 4 heteroatoms. The average molecular weight is 517 g/mol. The van der Waals surface area contributed by atoms with Crippen molar-refractivity contribution in [3.8, 4) is 0 Å². The number of carbonyl (C=O) groups is 1. The molecule has 0 saturated carbocycles. The third-order valence-electron chi connectivity index (χ3n) is 6.12. The Bertz CT molecular complexity index is 1360. The van der Waals surface area contributed by atoms with Gasteiger partial charge in [-0.3, -0.25) is 10.1 Å². The van der Waals surface area contributed by atoms with Crippen LogP contribution in [0.2, 0.25) is 0 Å². The van der Waals surface area contributed by atoms with Crippen LogP contribution in [0.15, 0.2) is 167 Å². The van der Waals surface area contributed by atoms with Crippen LogP contribution in [0.1, 0.15) is 10.4 Å². The summed E-state index contributed by atoms with van der Waals surface area (Å²) in [6, 6.07) is 51.4. The minimum absolute atomic E-state index is 0.118. The van der Waals surface area contributed by atoms with Crippen molar-refractivity contribution in [1.29, 1.82) is 0 Å². The largest absolute Gasteiger partial charge is 0.291 e. The van der Waals surface area contributed by atoms with Gasteiger partial charge in [0, 0.05) is 15.9 Å². The van der Waals surface area contributed by atoms with E-state index in [1.54, 1.807) is 11.8 Å². The second-order valence-electron chi connectivity index (χ2n) is 8.43. The Morgan fingerprint density at radius 1 is 0.541 bits per heavy atom. The van der Waals surface area contributed by atoms with Gasteiger partial charge in [0.15, 0.2) is 12.7 Å². The molecule has 37 heavy (non-hydrogen) atoms. The van der Waals surface area contributed by atoms with Crippen molar-refractivity contribution < 1.29 is 4.79 Å². The monoisotopic (exact) mass is 516 g/mol. The van der Waals surface area contributed by atoms with Gasteiger partial charge < -0.3 is 0 Å². The van der Waals surface area contributed by atoms with Crippen LogP contribution in [-0.4, -0.2) is 5.91 Å². The summed E-state index contributed by atoms with van der Waals surface area (Å²) in [7, 11) is -2.47. The van der Waals surface area contributed by atoms with Crippen LogP contribution < -0.4 is 21.2 Å². The van der Waals surface area contributed by atoms with Crippen molar-refractivity contribution in [2.45, 2.75) is 4.90 Å². The lowest BCUT2D eigenvalue weighted by atomic mass is 10.2. The zero-order valence-electron chi connectivity index (χ0n) is 20.3. The lowest BCUT2D eigenvalue weighted by Crippen LogP contribution is -2.38.